The first-order valence-electron chi connectivity index (χ1n) is 3.66. The van der Waals surface area contributed by atoms with E-state index in [2.05, 4.69) is 0 Å². The Morgan fingerprint density at radius 2 is 1.29 bits per heavy atom. The first-order chi connectivity index (χ1) is 6.45. The number of hydrogen-bond acceptors (Lipinski definition) is 6. The minimum atomic E-state index is -1.07. The van der Waals surface area contributed by atoms with Gasteiger partial charge in [-0.3, -0.25) is 9.59 Å². The number of aliphatic carboxylic acids is 2. The summed E-state index contributed by atoms with van der Waals surface area (Å²) < 4.78 is 0. The Morgan fingerprint density at radius 1 is 1.00 bits per heavy atom. The molecular formula is C6H12N2O4S2. The monoisotopic (exact) mass is 242 g/mol. The Bertz CT molecular complexity index is 192. The van der Waals surface area contributed by atoms with Crippen LogP contribution in [0, 0.1) is 0 Å². The molecule has 6 nitrogen and oxygen atoms in total. The fraction of sp³-hybridized carbons (Fsp3) is 0.667. The SMILES string of the molecule is N[C@@H](CSSC[C@H](N)[13C](=O)O)[13C](=O)O. The fourth-order valence-corrected chi connectivity index (χ4v) is 2.61. The molecule has 0 amide bonds. The van der Waals surface area contributed by atoms with Crippen LogP contribution in [0.25, 0.3) is 0 Å². The van der Waals surface area contributed by atoms with Crippen LogP contribution in [0.1, 0.15) is 0 Å². The fourth-order valence-electron chi connectivity index (χ4n) is 0.385. The lowest BCUT2D eigenvalue weighted by atomic mass is 10.6. The maximum absolute atomic E-state index is 10.3. The van der Waals surface area contributed by atoms with Gasteiger partial charge in [0, 0.05) is 11.5 Å². The number of carboxylic acids is 2. The second-order valence-corrected chi connectivity index (χ2v) is 5.01. The van der Waals surface area contributed by atoms with E-state index in [0.717, 1.165) is 0 Å². The van der Waals surface area contributed by atoms with E-state index in [1.54, 1.807) is 0 Å². The van der Waals surface area contributed by atoms with Gasteiger partial charge in [0.15, 0.2) is 0 Å². The van der Waals surface area contributed by atoms with Crippen LogP contribution in [0.4, 0.5) is 0 Å². The van der Waals surface area contributed by atoms with Gasteiger partial charge in [-0.15, -0.1) is 0 Å². The van der Waals surface area contributed by atoms with Crippen molar-refractivity contribution in [2.45, 2.75) is 12.1 Å². The van der Waals surface area contributed by atoms with E-state index in [1.807, 2.05) is 0 Å². The molecular weight excluding hydrogens is 230 g/mol. The van der Waals surface area contributed by atoms with E-state index in [9.17, 15) is 9.59 Å². The molecule has 6 N–H and O–H groups in total. The molecule has 2 atom stereocenters. The number of hydrogen-bond donors (Lipinski definition) is 4. The summed E-state index contributed by atoms with van der Waals surface area (Å²) in [6.07, 6.45) is 0. The highest BCUT2D eigenvalue weighted by Gasteiger charge is 2.14. The average Bonchev–Trinajstić information content (AvgIpc) is 2.11. The molecule has 0 saturated heterocycles. The van der Waals surface area contributed by atoms with Gasteiger partial charge in [-0.25, -0.2) is 0 Å². The lowest BCUT2D eigenvalue weighted by Gasteiger charge is -2.07. The van der Waals surface area contributed by atoms with Crippen molar-refractivity contribution in [1.29, 1.82) is 0 Å². The minimum absolute atomic E-state index is 0.229. The Kier molecular flexibility index (Phi) is 6.71. The number of carboxylic acid groups (broad SMARTS) is 2. The van der Waals surface area contributed by atoms with Crippen LogP contribution in [0.5, 0.6) is 0 Å². The van der Waals surface area contributed by atoms with Crippen molar-refractivity contribution in [1.82, 2.24) is 0 Å². The van der Waals surface area contributed by atoms with E-state index in [-0.39, 0.29) is 11.5 Å². The third-order valence-electron chi connectivity index (χ3n) is 1.21. The molecule has 0 unspecified atom stereocenters. The van der Waals surface area contributed by atoms with Gasteiger partial charge in [-0.1, -0.05) is 21.6 Å². The molecule has 0 heterocycles. The van der Waals surface area contributed by atoms with E-state index >= 15 is 0 Å². The number of carbonyl (C=O) groups is 2. The zero-order chi connectivity index (χ0) is 11.1. The van der Waals surface area contributed by atoms with Crippen LogP contribution in [-0.2, 0) is 9.59 Å². The van der Waals surface area contributed by atoms with Crippen LogP contribution in [-0.4, -0.2) is 45.7 Å². The smallest absolute Gasteiger partial charge is 0.321 e. The topological polar surface area (TPSA) is 127 Å². The Morgan fingerprint density at radius 3 is 1.50 bits per heavy atom. The van der Waals surface area contributed by atoms with E-state index in [4.69, 9.17) is 21.7 Å². The normalized spacial score (nSPS) is 14.7. The van der Waals surface area contributed by atoms with Gasteiger partial charge in [-0.05, 0) is 0 Å². The maximum Gasteiger partial charge on any atom is 0.321 e. The molecule has 0 spiro atoms. The number of rotatable bonds is 7. The summed E-state index contributed by atoms with van der Waals surface area (Å²) >= 11 is 0. The quantitative estimate of drug-likeness (QED) is 0.259. The molecule has 0 aromatic heterocycles. The molecule has 8 heteroatoms. The van der Waals surface area contributed by atoms with Crippen molar-refractivity contribution in [3.05, 3.63) is 0 Å². The van der Waals surface area contributed by atoms with Crippen LogP contribution in [0.15, 0.2) is 0 Å². The third-order valence-corrected chi connectivity index (χ3v) is 3.69. The Labute approximate surface area is 88.8 Å². The van der Waals surface area contributed by atoms with Gasteiger partial charge in [-0.2, -0.15) is 0 Å². The van der Waals surface area contributed by atoms with Crippen molar-refractivity contribution < 1.29 is 19.8 Å². The number of nitrogens with two attached hydrogens (primary N) is 2. The molecule has 0 bridgehead atoms. The van der Waals surface area contributed by atoms with Crippen LogP contribution < -0.4 is 11.5 Å². The third kappa shape index (κ3) is 6.08. The standard InChI is InChI=1S/C6H12N2O4S2/c7-3(5(9)10)1-13-14-2-4(8)6(11)12/h3-4H,1-2,7-8H2,(H,9,10)(H,11,12)/t3-,4-/m0/s1/i5+1,6+1. The molecule has 0 rings (SSSR count). The lowest BCUT2D eigenvalue weighted by molar-refractivity contribution is -0.138. The summed E-state index contributed by atoms with van der Waals surface area (Å²) in [5.41, 5.74) is 10.4. The molecule has 0 aliphatic carbocycles. The largest absolute Gasteiger partial charge is 0.480 e. The van der Waals surface area contributed by atoms with Crippen molar-refractivity contribution >= 4 is 33.5 Å². The predicted octanol–water partition coefficient (Wildman–Crippen LogP) is -0.808. The van der Waals surface area contributed by atoms with E-state index in [1.165, 1.54) is 21.6 Å². The van der Waals surface area contributed by atoms with Gasteiger partial charge in [0.05, 0.1) is 0 Å². The molecule has 0 radical (unpaired) electrons. The highest BCUT2D eigenvalue weighted by Crippen LogP contribution is 2.22. The van der Waals surface area contributed by atoms with Crippen molar-refractivity contribution in [3.8, 4) is 0 Å². The molecule has 0 fully saturated rings. The zero-order valence-corrected chi connectivity index (χ0v) is 8.88. The van der Waals surface area contributed by atoms with Crippen molar-refractivity contribution in [2.75, 3.05) is 11.5 Å². The second-order valence-electron chi connectivity index (χ2n) is 2.46. The summed E-state index contributed by atoms with van der Waals surface area (Å²) in [6.45, 7) is 0. The lowest BCUT2D eigenvalue weighted by Crippen LogP contribution is -2.33. The molecule has 0 aliphatic heterocycles. The predicted molar refractivity (Wildman–Crippen MR) is 56.1 cm³/mol. The van der Waals surface area contributed by atoms with Crippen molar-refractivity contribution in [3.63, 3.8) is 0 Å². The van der Waals surface area contributed by atoms with Crippen LogP contribution >= 0.6 is 21.6 Å². The molecule has 0 aliphatic rings. The Balaban J connectivity index is 3.47. The molecule has 82 valence electrons. The van der Waals surface area contributed by atoms with Gasteiger partial charge in [0.25, 0.3) is 0 Å². The van der Waals surface area contributed by atoms with Crippen LogP contribution in [0.2, 0.25) is 0 Å². The van der Waals surface area contributed by atoms with E-state index < -0.39 is 24.0 Å². The van der Waals surface area contributed by atoms with Crippen molar-refractivity contribution in [2.24, 2.45) is 11.5 Å². The summed E-state index contributed by atoms with van der Waals surface area (Å²) in [4.78, 5) is 20.5. The molecule has 0 saturated carbocycles. The average molecular weight is 242 g/mol. The summed E-state index contributed by atoms with van der Waals surface area (Å²) in [6, 6.07) is -1.85. The molecule has 0 aromatic carbocycles. The van der Waals surface area contributed by atoms with Crippen LogP contribution in [0.3, 0.4) is 0 Å². The minimum Gasteiger partial charge on any atom is -0.480 e. The maximum atomic E-state index is 10.3. The van der Waals surface area contributed by atoms with E-state index in [0.29, 0.717) is 0 Å². The first-order valence-corrected chi connectivity index (χ1v) is 6.15. The molecule has 0 aromatic rings. The summed E-state index contributed by atoms with van der Waals surface area (Å²) in [7, 11) is 2.41. The second kappa shape index (κ2) is 6.93. The zero-order valence-electron chi connectivity index (χ0n) is 7.25. The highest BCUT2D eigenvalue weighted by molar-refractivity contribution is 8.76. The van der Waals surface area contributed by atoms with Gasteiger partial charge in [0.2, 0.25) is 0 Å². The summed E-state index contributed by atoms with van der Waals surface area (Å²) in [5.74, 6) is -1.68. The summed E-state index contributed by atoms with van der Waals surface area (Å²) in [5, 5.41) is 16.8. The highest BCUT2D eigenvalue weighted by atomic mass is 33.1. The molecule has 14 heavy (non-hydrogen) atoms. The van der Waals surface area contributed by atoms with Gasteiger partial charge >= 0.3 is 11.9 Å². The Hall–Kier alpha value is -0.440. The first kappa shape index (κ1) is 13.6. The van der Waals surface area contributed by atoms with Gasteiger partial charge in [0.1, 0.15) is 12.1 Å². The van der Waals surface area contributed by atoms with Gasteiger partial charge < -0.3 is 21.7 Å².